The Balaban J connectivity index is 1.64. The van der Waals surface area contributed by atoms with Gasteiger partial charge < -0.3 is 10.2 Å². The van der Waals surface area contributed by atoms with Crippen molar-refractivity contribution in [2.75, 3.05) is 11.4 Å². The number of anilines is 1. The fraction of sp³-hybridized carbons (Fsp3) is 0.176. The van der Waals surface area contributed by atoms with E-state index >= 15 is 0 Å². The van der Waals surface area contributed by atoms with Gasteiger partial charge in [0.15, 0.2) is 0 Å². The average Bonchev–Trinajstić information content (AvgIpc) is 2.81. The second-order valence-corrected chi connectivity index (χ2v) is 6.29. The second-order valence-electron chi connectivity index (χ2n) is 5.44. The summed E-state index contributed by atoms with van der Waals surface area (Å²) in [6.45, 7) is 0.0692. The van der Waals surface area contributed by atoms with Crippen molar-refractivity contribution in [3.63, 3.8) is 0 Å². The Morgan fingerprint density at radius 1 is 1.21 bits per heavy atom. The van der Waals surface area contributed by atoms with Crippen LogP contribution in [-0.4, -0.2) is 18.4 Å². The number of hydrogen-bond donors (Lipinski definition) is 1. The molecular formula is C17H13Cl2FN2O2. The molecule has 7 heteroatoms. The molecule has 0 aliphatic carbocycles. The van der Waals surface area contributed by atoms with Crippen molar-refractivity contribution in [3.05, 3.63) is 63.4 Å². The molecule has 4 nitrogen and oxygen atoms in total. The Morgan fingerprint density at radius 3 is 2.75 bits per heavy atom. The molecule has 0 aromatic heterocycles. The summed E-state index contributed by atoms with van der Waals surface area (Å²) >= 11 is 11.8. The van der Waals surface area contributed by atoms with E-state index in [2.05, 4.69) is 5.32 Å². The van der Waals surface area contributed by atoms with E-state index in [-0.39, 0.29) is 36.3 Å². The summed E-state index contributed by atoms with van der Waals surface area (Å²) in [5.74, 6) is -0.915. The molecule has 124 valence electrons. The number of benzene rings is 2. The first-order valence-corrected chi connectivity index (χ1v) is 7.99. The molecule has 3 rings (SSSR count). The van der Waals surface area contributed by atoms with Gasteiger partial charge in [-0.2, -0.15) is 0 Å². The lowest BCUT2D eigenvalue weighted by molar-refractivity contribution is -0.123. The van der Waals surface area contributed by atoms with Crippen LogP contribution < -0.4 is 10.2 Å². The summed E-state index contributed by atoms with van der Waals surface area (Å²) < 4.78 is 13.0. The maximum Gasteiger partial charge on any atom is 0.240 e. The van der Waals surface area contributed by atoms with Gasteiger partial charge in [-0.05, 0) is 41.5 Å². The number of amides is 2. The predicted molar refractivity (Wildman–Crippen MR) is 90.8 cm³/mol. The molecule has 1 N–H and O–H groups in total. The van der Waals surface area contributed by atoms with Crippen LogP contribution in [0.5, 0.6) is 0 Å². The van der Waals surface area contributed by atoms with Crippen molar-refractivity contribution in [3.8, 4) is 0 Å². The zero-order valence-corrected chi connectivity index (χ0v) is 14.0. The summed E-state index contributed by atoms with van der Waals surface area (Å²) in [7, 11) is 0. The van der Waals surface area contributed by atoms with E-state index < -0.39 is 5.82 Å². The van der Waals surface area contributed by atoms with Crippen LogP contribution in [0.15, 0.2) is 36.4 Å². The normalized spacial score (nSPS) is 13.1. The third kappa shape index (κ3) is 3.52. The van der Waals surface area contributed by atoms with Crippen molar-refractivity contribution in [2.45, 2.75) is 13.0 Å². The predicted octanol–water partition coefficient (Wildman–Crippen LogP) is 3.34. The number of nitrogens with zero attached hydrogens (tertiary/aromatic N) is 1. The minimum absolute atomic E-state index is 0.0910. The standard InChI is InChI=1S/C17H13Cl2FN2O2/c18-12-2-4-15-11(5-12)6-17(24)22(15)9-16(23)21-8-10-1-3-13(20)7-14(10)19/h1-5,7H,6,8-9H2,(H,21,23). The third-order valence-corrected chi connectivity index (χ3v) is 4.35. The quantitative estimate of drug-likeness (QED) is 0.901. The maximum atomic E-state index is 13.0. The van der Waals surface area contributed by atoms with E-state index in [9.17, 15) is 14.0 Å². The molecule has 0 unspecified atom stereocenters. The fourth-order valence-electron chi connectivity index (χ4n) is 2.58. The molecule has 0 atom stereocenters. The van der Waals surface area contributed by atoms with Crippen molar-refractivity contribution < 1.29 is 14.0 Å². The highest BCUT2D eigenvalue weighted by Crippen LogP contribution is 2.30. The van der Waals surface area contributed by atoms with Crippen LogP contribution in [0.1, 0.15) is 11.1 Å². The maximum absolute atomic E-state index is 13.0. The molecule has 0 saturated carbocycles. The number of carbonyl (C=O) groups excluding carboxylic acids is 2. The fourth-order valence-corrected chi connectivity index (χ4v) is 3.01. The smallest absolute Gasteiger partial charge is 0.240 e. The second kappa shape index (κ2) is 6.79. The molecule has 0 bridgehead atoms. The zero-order valence-electron chi connectivity index (χ0n) is 12.5. The van der Waals surface area contributed by atoms with Gasteiger partial charge in [-0.3, -0.25) is 9.59 Å². The number of rotatable bonds is 4. The lowest BCUT2D eigenvalue weighted by Gasteiger charge is -2.17. The van der Waals surface area contributed by atoms with Gasteiger partial charge in [-0.1, -0.05) is 29.3 Å². The Bertz CT molecular complexity index is 826. The number of carbonyl (C=O) groups is 2. The first kappa shape index (κ1) is 16.7. The Labute approximate surface area is 148 Å². The van der Waals surface area contributed by atoms with Crippen LogP contribution in [0.25, 0.3) is 0 Å². The van der Waals surface area contributed by atoms with E-state index in [0.717, 1.165) is 5.56 Å². The van der Waals surface area contributed by atoms with Crippen molar-refractivity contribution in [2.24, 2.45) is 0 Å². The van der Waals surface area contributed by atoms with Crippen LogP contribution in [0.2, 0.25) is 10.0 Å². The molecule has 1 aliphatic rings. The van der Waals surface area contributed by atoms with Gasteiger partial charge in [0.2, 0.25) is 11.8 Å². The molecule has 0 saturated heterocycles. The molecular weight excluding hydrogens is 354 g/mol. The number of fused-ring (bicyclic) bond motifs is 1. The van der Waals surface area contributed by atoms with Gasteiger partial charge in [0, 0.05) is 22.3 Å². The average molecular weight is 367 g/mol. The largest absolute Gasteiger partial charge is 0.350 e. The van der Waals surface area contributed by atoms with Gasteiger partial charge >= 0.3 is 0 Å². The number of nitrogens with one attached hydrogen (secondary N) is 1. The number of hydrogen-bond acceptors (Lipinski definition) is 2. The lowest BCUT2D eigenvalue weighted by Crippen LogP contribution is -2.38. The molecule has 2 amide bonds. The summed E-state index contributed by atoms with van der Waals surface area (Å²) in [4.78, 5) is 25.6. The Morgan fingerprint density at radius 2 is 2.00 bits per heavy atom. The first-order chi connectivity index (χ1) is 11.4. The van der Waals surface area contributed by atoms with Crippen molar-refractivity contribution in [1.82, 2.24) is 5.32 Å². The Kier molecular flexibility index (Phi) is 4.73. The van der Waals surface area contributed by atoms with E-state index in [0.29, 0.717) is 16.3 Å². The van der Waals surface area contributed by atoms with Crippen molar-refractivity contribution in [1.29, 1.82) is 0 Å². The lowest BCUT2D eigenvalue weighted by atomic mass is 10.2. The van der Waals surface area contributed by atoms with Crippen LogP contribution in [0.3, 0.4) is 0 Å². The molecule has 0 fully saturated rings. The highest BCUT2D eigenvalue weighted by molar-refractivity contribution is 6.31. The first-order valence-electron chi connectivity index (χ1n) is 7.23. The van der Waals surface area contributed by atoms with E-state index in [1.165, 1.54) is 23.1 Å². The Hall–Kier alpha value is -2.11. The van der Waals surface area contributed by atoms with Crippen molar-refractivity contribution >= 4 is 40.7 Å². The van der Waals surface area contributed by atoms with Crippen LogP contribution in [0.4, 0.5) is 10.1 Å². The molecule has 2 aromatic rings. The molecule has 2 aromatic carbocycles. The summed E-state index contributed by atoms with van der Waals surface area (Å²) in [5.41, 5.74) is 2.10. The van der Waals surface area contributed by atoms with Gasteiger partial charge in [0.25, 0.3) is 0 Å². The van der Waals surface area contributed by atoms with Crippen LogP contribution >= 0.6 is 23.2 Å². The summed E-state index contributed by atoms with van der Waals surface area (Å²) in [5, 5.41) is 3.48. The minimum Gasteiger partial charge on any atom is -0.350 e. The van der Waals surface area contributed by atoms with Crippen LogP contribution in [0, 0.1) is 5.82 Å². The van der Waals surface area contributed by atoms with E-state index in [1.807, 2.05) is 0 Å². The SMILES string of the molecule is O=C(CN1C(=O)Cc2cc(Cl)ccc21)NCc1ccc(F)cc1Cl. The molecule has 24 heavy (non-hydrogen) atoms. The topological polar surface area (TPSA) is 49.4 Å². The van der Waals surface area contributed by atoms with E-state index in [4.69, 9.17) is 23.2 Å². The van der Waals surface area contributed by atoms with Crippen LogP contribution in [-0.2, 0) is 22.6 Å². The van der Waals surface area contributed by atoms with Gasteiger partial charge in [0.1, 0.15) is 12.4 Å². The minimum atomic E-state index is -0.437. The summed E-state index contributed by atoms with van der Waals surface area (Å²) in [6.07, 6.45) is 0.229. The highest BCUT2D eigenvalue weighted by atomic mass is 35.5. The number of halogens is 3. The van der Waals surface area contributed by atoms with Gasteiger partial charge in [0.05, 0.1) is 6.42 Å². The van der Waals surface area contributed by atoms with Gasteiger partial charge in [-0.15, -0.1) is 0 Å². The molecule has 0 radical (unpaired) electrons. The molecule has 0 spiro atoms. The highest BCUT2D eigenvalue weighted by Gasteiger charge is 2.28. The molecule has 1 aliphatic heterocycles. The third-order valence-electron chi connectivity index (χ3n) is 3.77. The zero-order chi connectivity index (χ0) is 17.3. The van der Waals surface area contributed by atoms with E-state index in [1.54, 1.807) is 18.2 Å². The van der Waals surface area contributed by atoms with Gasteiger partial charge in [-0.25, -0.2) is 4.39 Å². The summed E-state index contributed by atoms with van der Waals surface area (Å²) in [6, 6.07) is 9.11. The monoisotopic (exact) mass is 366 g/mol. The molecule has 1 heterocycles.